The number of aliphatic carboxylic acids is 1. The summed E-state index contributed by atoms with van der Waals surface area (Å²) in [5.74, 6) is -0.997. The van der Waals surface area contributed by atoms with Crippen LogP contribution in [0, 0.1) is 5.41 Å². The molecule has 1 atom stereocenters. The quantitative estimate of drug-likeness (QED) is 0.716. The van der Waals surface area contributed by atoms with Crippen LogP contribution < -0.4 is 5.32 Å². The van der Waals surface area contributed by atoms with Gasteiger partial charge in [0.1, 0.15) is 6.04 Å². The van der Waals surface area contributed by atoms with Crippen molar-refractivity contribution in [1.29, 1.82) is 0 Å². The van der Waals surface area contributed by atoms with Gasteiger partial charge in [0, 0.05) is 5.41 Å². The smallest absolute Gasteiger partial charge is 0.407 e. The minimum absolute atomic E-state index is 0.0950. The minimum Gasteiger partial charge on any atom is -0.480 e. The maximum atomic E-state index is 11.8. The first-order valence-corrected chi connectivity index (χ1v) is 8.19. The van der Waals surface area contributed by atoms with E-state index in [1.54, 1.807) is 0 Å². The second kappa shape index (κ2) is 8.90. The number of carbonyl (C=O) groups is 2. The van der Waals surface area contributed by atoms with Crippen LogP contribution in [0.1, 0.15) is 71.6 Å². The van der Waals surface area contributed by atoms with Crippen LogP contribution in [0.5, 0.6) is 0 Å². The first-order valence-electron chi connectivity index (χ1n) is 8.19. The molecule has 0 radical (unpaired) electrons. The predicted molar refractivity (Wildman–Crippen MR) is 81.2 cm³/mol. The molecule has 0 spiro atoms. The number of carboxylic acid groups (broad SMARTS) is 1. The molecule has 1 rings (SSSR count). The number of unbranched alkanes of at least 4 members (excludes halogenated alkanes) is 1. The first kappa shape index (κ1) is 17.8. The molecule has 1 saturated carbocycles. The maximum Gasteiger partial charge on any atom is 0.407 e. The van der Waals surface area contributed by atoms with Gasteiger partial charge in [-0.15, -0.1) is 0 Å². The Hall–Kier alpha value is -1.26. The Morgan fingerprint density at radius 3 is 2.43 bits per heavy atom. The number of rotatable bonds is 8. The maximum absolute atomic E-state index is 11.8. The fraction of sp³-hybridized carbons (Fsp3) is 0.875. The summed E-state index contributed by atoms with van der Waals surface area (Å²) in [4.78, 5) is 22.9. The van der Waals surface area contributed by atoms with Gasteiger partial charge in [-0.25, -0.2) is 9.59 Å². The van der Waals surface area contributed by atoms with Crippen LogP contribution in [0.25, 0.3) is 0 Å². The lowest BCUT2D eigenvalue weighted by atomic mass is 9.73. The summed E-state index contributed by atoms with van der Waals surface area (Å²) in [5.41, 5.74) is 0.0950. The number of hydrogen-bond acceptors (Lipinski definition) is 3. The summed E-state index contributed by atoms with van der Waals surface area (Å²) >= 11 is 0. The molecule has 0 unspecified atom stereocenters. The van der Waals surface area contributed by atoms with Gasteiger partial charge in [-0.3, -0.25) is 0 Å². The third-order valence-electron chi connectivity index (χ3n) is 4.61. The van der Waals surface area contributed by atoms with Gasteiger partial charge in [-0.2, -0.15) is 0 Å². The molecular formula is C16H29NO4. The number of amides is 1. The summed E-state index contributed by atoms with van der Waals surface area (Å²) in [6.45, 7) is 4.52. The topological polar surface area (TPSA) is 75.6 Å². The van der Waals surface area contributed by atoms with Crippen molar-refractivity contribution >= 4 is 12.1 Å². The van der Waals surface area contributed by atoms with E-state index in [0.29, 0.717) is 13.0 Å². The molecule has 0 bridgehead atoms. The summed E-state index contributed by atoms with van der Waals surface area (Å²) in [7, 11) is 0. The van der Waals surface area contributed by atoms with E-state index in [9.17, 15) is 9.59 Å². The summed E-state index contributed by atoms with van der Waals surface area (Å²) in [6.07, 6.45) is 8.33. The molecule has 1 aliphatic rings. The number of nitrogens with one attached hydrogen (secondary N) is 1. The Bertz CT molecular complexity index is 337. The monoisotopic (exact) mass is 299 g/mol. The summed E-state index contributed by atoms with van der Waals surface area (Å²) < 4.78 is 5.32. The van der Waals surface area contributed by atoms with Crippen molar-refractivity contribution < 1.29 is 19.4 Å². The molecule has 1 fully saturated rings. The van der Waals surface area contributed by atoms with Gasteiger partial charge in [0.05, 0.1) is 6.61 Å². The highest BCUT2D eigenvalue weighted by Crippen LogP contribution is 2.39. The van der Waals surface area contributed by atoms with E-state index < -0.39 is 18.1 Å². The third-order valence-corrected chi connectivity index (χ3v) is 4.61. The number of alkyl carbamates (subject to hydrolysis) is 1. The van der Waals surface area contributed by atoms with Crippen molar-refractivity contribution in [2.24, 2.45) is 5.41 Å². The highest BCUT2D eigenvalue weighted by Gasteiger charge is 2.32. The van der Waals surface area contributed by atoms with Gasteiger partial charge < -0.3 is 15.2 Å². The number of hydrogen-bond donors (Lipinski definition) is 2. The Balaban J connectivity index is 2.42. The zero-order valence-corrected chi connectivity index (χ0v) is 13.3. The highest BCUT2D eigenvalue weighted by atomic mass is 16.5. The van der Waals surface area contributed by atoms with Crippen LogP contribution >= 0.6 is 0 Å². The van der Waals surface area contributed by atoms with Crippen LogP contribution in [-0.2, 0) is 9.53 Å². The third kappa shape index (κ3) is 5.94. The molecular weight excluding hydrogens is 270 g/mol. The standard InChI is InChI=1S/C16H29NO4/c1-3-5-9-13(14(18)19)17-15(20)21-12-16(4-2)10-7-6-8-11-16/h13H,3-12H2,1-2H3,(H,17,20)(H,18,19)/t13-/m0/s1. The zero-order valence-electron chi connectivity index (χ0n) is 13.3. The van der Waals surface area contributed by atoms with E-state index in [1.807, 2.05) is 6.92 Å². The normalized spacial score (nSPS) is 18.8. The molecule has 21 heavy (non-hydrogen) atoms. The fourth-order valence-corrected chi connectivity index (χ4v) is 2.97. The van der Waals surface area contributed by atoms with Gasteiger partial charge >= 0.3 is 12.1 Å². The van der Waals surface area contributed by atoms with Crippen LogP contribution in [-0.4, -0.2) is 29.8 Å². The van der Waals surface area contributed by atoms with Gasteiger partial charge in [-0.1, -0.05) is 46.0 Å². The van der Waals surface area contributed by atoms with Crippen molar-refractivity contribution in [3.63, 3.8) is 0 Å². The Morgan fingerprint density at radius 2 is 1.90 bits per heavy atom. The van der Waals surface area contributed by atoms with Crippen molar-refractivity contribution in [2.45, 2.75) is 77.7 Å². The average Bonchev–Trinajstić information content (AvgIpc) is 2.50. The molecule has 5 nitrogen and oxygen atoms in total. The lowest BCUT2D eigenvalue weighted by molar-refractivity contribution is -0.139. The van der Waals surface area contributed by atoms with E-state index >= 15 is 0 Å². The van der Waals surface area contributed by atoms with Gasteiger partial charge in [-0.05, 0) is 25.7 Å². The second-order valence-corrected chi connectivity index (χ2v) is 6.17. The molecule has 0 saturated heterocycles. The van der Waals surface area contributed by atoms with E-state index in [0.717, 1.165) is 32.1 Å². The van der Waals surface area contributed by atoms with E-state index in [1.165, 1.54) is 19.3 Å². The van der Waals surface area contributed by atoms with Crippen LogP contribution in [0.2, 0.25) is 0 Å². The largest absolute Gasteiger partial charge is 0.480 e. The van der Waals surface area contributed by atoms with Gasteiger partial charge in [0.2, 0.25) is 0 Å². The molecule has 122 valence electrons. The minimum atomic E-state index is -0.997. The van der Waals surface area contributed by atoms with Crippen LogP contribution in [0.3, 0.4) is 0 Å². The van der Waals surface area contributed by atoms with E-state index in [4.69, 9.17) is 9.84 Å². The molecule has 5 heteroatoms. The zero-order chi connectivity index (χ0) is 15.7. The molecule has 0 aromatic carbocycles. The molecule has 0 aromatic rings. The van der Waals surface area contributed by atoms with E-state index in [2.05, 4.69) is 12.2 Å². The number of carbonyl (C=O) groups excluding carboxylic acids is 1. The molecule has 2 N–H and O–H groups in total. The summed E-state index contributed by atoms with van der Waals surface area (Å²) in [5, 5.41) is 11.6. The molecule has 1 amide bonds. The highest BCUT2D eigenvalue weighted by molar-refractivity contribution is 5.79. The van der Waals surface area contributed by atoms with Crippen molar-refractivity contribution in [3.05, 3.63) is 0 Å². The number of carboxylic acids is 1. The first-order chi connectivity index (χ1) is 10.0. The Morgan fingerprint density at radius 1 is 1.24 bits per heavy atom. The molecule has 0 heterocycles. The second-order valence-electron chi connectivity index (χ2n) is 6.17. The lowest BCUT2D eigenvalue weighted by Gasteiger charge is -2.35. The van der Waals surface area contributed by atoms with Gasteiger partial charge in [0.25, 0.3) is 0 Å². The molecule has 0 aliphatic heterocycles. The molecule has 1 aliphatic carbocycles. The van der Waals surface area contributed by atoms with E-state index in [-0.39, 0.29) is 5.41 Å². The van der Waals surface area contributed by atoms with Crippen molar-refractivity contribution in [2.75, 3.05) is 6.61 Å². The summed E-state index contributed by atoms with van der Waals surface area (Å²) in [6, 6.07) is -0.846. The van der Waals surface area contributed by atoms with Crippen LogP contribution in [0.15, 0.2) is 0 Å². The van der Waals surface area contributed by atoms with Gasteiger partial charge in [0.15, 0.2) is 0 Å². The fourth-order valence-electron chi connectivity index (χ4n) is 2.97. The Labute approximate surface area is 127 Å². The average molecular weight is 299 g/mol. The lowest BCUT2D eigenvalue weighted by Crippen LogP contribution is -2.42. The SMILES string of the molecule is CCCC[C@H](NC(=O)OCC1(CC)CCCCC1)C(=O)O. The predicted octanol–water partition coefficient (Wildman–Crippen LogP) is 3.72. The Kier molecular flexibility index (Phi) is 7.54. The van der Waals surface area contributed by atoms with Crippen molar-refractivity contribution in [1.82, 2.24) is 5.32 Å². The van der Waals surface area contributed by atoms with Crippen LogP contribution in [0.4, 0.5) is 4.79 Å². The number of ether oxygens (including phenoxy) is 1. The molecule has 0 aromatic heterocycles. The van der Waals surface area contributed by atoms with Crippen molar-refractivity contribution in [3.8, 4) is 0 Å².